The van der Waals surface area contributed by atoms with Crippen LogP contribution in [0.15, 0.2) is 32.3 Å². The van der Waals surface area contributed by atoms with Crippen molar-refractivity contribution in [1.29, 1.82) is 0 Å². The lowest BCUT2D eigenvalue weighted by Crippen LogP contribution is -2.31. The third kappa shape index (κ3) is 3.03. The average Bonchev–Trinajstić information content (AvgIpc) is 2.49. The summed E-state index contributed by atoms with van der Waals surface area (Å²) in [5, 5.41) is 0.0614. The van der Waals surface area contributed by atoms with Crippen LogP contribution in [0, 0.1) is 5.82 Å². The van der Waals surface area contributed by atoms with Gasteiger partial charge in [-0.25, -0.2) is 14.2 Å². The maximum atomic E-state index is 13.8. The fourth-order valence-electron chi connectivity index (χ4n) is 2.12. The third-order valence-electron chi connectivity index (χ3n) is 3.24. The van der Waals surface area contributed by atoms with E-state index < -0.39 is 17.1 Å². The van der Waals surface area contributed by atoms with Crippen LogP contribution < -0.4 is 11.2 Å². The maximum Gasteiger partial charge on any atom is 0.330 e. The molecule has 7 heteroatoms. The zero-order valence-corrected chi connectivity index (χ0v) is 12.7. The lowest BCUT2D eigenvalue weighted by atomic mass is 10.2. The summed E-state index contributed by atoms with van der Waals surface area (Å²) in [6.45, 7) is 3.82. The molecular weight excluding hydrogens is 287 g/mol. The van der Waals surface area contributed by atoms with Crippen molar-refractivity contribution >= 4 is 17.2 Å². The fourth-order valence-corrected chi connectivity index (χ4v) is 2.12. The predicted octanol–water partition coefficient (Wildman–Crippen LogP) is 1.43. The van der Waals surface area contributed by atoms with Gasteiger partial charge in [-0.05, 0) is 25.5 Å². The van der Waals surface area contributed by atoms with Gasteiger partial charge in [-0.1, -0.05) is 12.5 Å². The van der Waals surface area contributed by atoms with Crippen molar-refractivity contribution in [2.75, 3.05) is 7.05 Å². The molecular formula is C15H17FN4O2. The van der Waals surface area contributed by atoms with Gasteiger partial charge in [0.05, 0.1) is 17.6 Å². The van der Waals surface area contributed by atoms with E-state index in [0.717, 1.165) is 11.6 Å². The number of rotatable bonds is 4. The summed E-state index contributed by atoms with van der Waals surface area (Å²) in [6.07, 6.45) is 3.74. The van der Waals surface area contributed by atoms with E-state index in [4.69, 9.17) is 0 Å². The monoisotopic (exact) mass is 304 g/mol. The second-order valence-electron chi connectivity index (χ2n) is 4.91. The first-order valence-corrected chi connectivity index (χ1v) is 6.88. The number of aliphatic imine (C=N–C) groups is 1. The van der Waals surface area contributed by atoms with Gasteiger partial charge in [0.1, 0.15) is 11.5 Å². The van der Waals surface area contributed by atoms with Crippen LogP contribution in [0.25, 0.3) is 11.0 Å². The Labute approximate surface area is 126 Å². The molecule has 22 heavy (non-hydrogen) atoms. The van der Waals surface area contributed by atoms with E-state index in [1.54, 1.807) is 26.3 Å². The van der Waals surface area contributed by atoms with Crippen molar-refractivity contribution in [1.82, 2.24) is 14.5 Å². The standard InChI is InChI=1S/C15H17FN4O2/c1-4-12-11(16)7-10-13(18-12)20(15(22)19-14(10)21)8-9(2)5-6-17-3/h5-7H,4,8H2,1-3H3,(H,19,21,22)/b9-5-,17-6?. The summed E-state index contributed by atoms with van der Waals surface area (Å²) >= 11 is 0. The van der Waals surface area contributed by atoms with Gasteiger partial charge >= 0.3 is 5.69 Å². The Kier molecular flexibility index (Phi) is 4.65. The van der Waals surface area contributed by atoms with Gasteiger partial charge in [-0.15, -0.1) is 0 Å². The Balaban J connectivity index is 2.72. The largest absolute Gasteiger partial charge is 0.330 e. The molecule has 2 heterocycles. The summed E-state index contributed by atoms with van der Waals surface area (Å²) in [5.41, 5.74) is 0.0586. The van der Waals surface area contributed by atoms with E-state index in [-0.39, 0.29) is 23.3 Å². The number of H-pyrrole nitrogens is 1. The lowest BCUT2D eigenvalue weighted by Gasteiger charge is -2.10. The molecule has 0 aliphatic carbocycles. The van der Waals surface area contributed by atoms with Crippen molar-refractivity contribution in [3.63, 3.8) is 0 Å². The minimum Gasteiger partial charge on any atom is -0.297 e. The number of nitrogens with one attached hydrogen (secondary N) is 1. The minimum absolute atomic E-state index is 0.0614. The van der Waals surface area contributed by atoms with Crippen LogP contribution in [-0.4, -0.2) is 27.8 Å². The number of fused-ring (bicyclic) bond motifs is 1. The molecule has 0 bridgehead atoms. The van der Waals surface area contributed by atoms with Crippen LogP contribution in [0.5, 0.6) is 0 Å². The van der Waals surface area contributed by atoms with Crippen molar-refractivity contribution in [2.45, 2.75) is 26.8 Å². The first-order valence-electron chi connectivity index (χ1n) is 6.88. The van der Waals surface area contributed by atoms with E-state index in [9.17, 15) is 14.0 Å². The summed E-state index contributed by atoms with van der Waals surface area (Å²) in [6, 6.07) is 1.13. The SMILES string of the molecule is CCc1nc2c(cc1F)c(=O)[nH]c(=O)n2C/C(C)=C\C=NC. The summed E-state index contributed by atoms with van der Waals surface area (Å²) < 4.78 is 15.2. The zero-order valence-electron chi connectivity index (χ0n) is 12.7. The molecule has 0 amide bonds. The molecule has 0 spiro atoms. The Morgan fingerprint density at radius 3 is 2.86 bits per heavy atom. The van der Waals surface area contributed by atoms with Gasteiger partial charge in [-0.3, -0.25) is 19.3 Å². The number of hydrogen-bond donors (Lipinski definition) is 1. The van der Waals surface area contributed by atoms with Crippen molar-refractivity contribution in [2.24, 2.45) is 4.99 Å². The van der Waals surface area contributed by atoms with E-state index in [2.05, 4.69) is 15.0 Å². The molecule has 6 nitrogen and oxygen atoms in total. The molecule has 1 N–H and O–H groups in total. The fraction of sp³-hybridized carbons (Fsp3) is 0.333. The molecule has 0 aliphatic heterocycles. The molecule has 2 rings (SSSR count). The minimum atomic E-state index is -0.637. The smallest absolute Gasteiger partial charge is 0.297 e. The summed E-state index contributed by atoms with van der Waals surface area (Å²) in [4.78, 5) is 34.1. The van der Waals surface area contributed by atoms with Gasteiger partial charge in [-0.2, -0.15) is 0 Å². The van der Waals surface area contributed by atoms with Gasteiger partial charge in [0.15, 0.2) is 0 Å². The quantitative estimate of drug-likeness (QED) is 0.868. The zero-order chi connectivity index (χ0) is 16.3. The lowest BCUT2D eigenvalue weighted by molar-refractivity contribution is 0.602. The molecule has 0 saturated carbocycles. The Morgan fingerprint density at radius 1 is 1.50 bits per heavy atom. The number of aromatic amines is 1. The summed E-state index contributed by atoms with van der Waals surface area (Å²) in [5.74, 6) is -0.545. The first kappa shape index (κ1) is 15.8. The normalized spacial score (nSPS) is 12.5. The van der Waals surface area contributed by atoms with Gasteiger partial charge in [0.2, 0.25) is 0 Å². The highest BCUT2D eigenvalue weighted by Gasteiger charge is 2.13. The van der Waals surface area contributed by atoms with Gasteiger partial charge in [0.25, 0.3) is 5.56 Å². The molecule has 0 atom stereocenters. The highest BCUT2D eigenvalue weighted by atomic mass is 19.1. The summed E-state index contributed by atoms with van der Waals surface area (Å²) in [7, 11) is 1.64. The van der Waals surface area contributed by atoms with Crippen LogP contribution in [-0.2, 0) is 13.0 Å². The molecule has 0 unspecified atom stereocenters. The maximum absolute atomic E-state index is 13.8. The van der Waals surface area contributed by atoms with E-state index in [1.165, 1.54) is 4.57 Å². The second-order valence-corrected chi connectivity index (χ2v) is 4.91. The van der Waals surface area contributed by atoms with Gasteiger partial charge < -0.3 is 0 Å². The van der Waals surface area contributed by atoms with E-state index >= 15 is 0 Å². The molecule has 0 saturated heterocycles. The molecule has 2 aromatic heterocycles. The highest BCUT2D eigenvalue weighted by molar-refractivity contribution is 5.74. The van der Waals surface area contributed by atoms with Crippen LogP contribution in [0.3, 0.4) is 0 Å². The number of allylic oxidation sites excluding steroid dienone is 2. The van der Waals surface area contributed by atoms with Crippen molar-refractivity contribution < 1.29 is 4.39 Å². The Bertz CT molecular complexity index is 877. The predicted molar refractivity (Wildman–Crippen MR) is 84.1 cm³/mol. The molecule has 0 radical (unpaired) electrons. The third-order valence-corrected chi connectivity index (χ3v) is 3.24. The average molecular weight is 304 g/mol. The number of nitrogens with zero attached hydrogens (tertiary/aromatic N) is 3. The molecule has 0 fully saturated rings. The molecule has 0 aliphatic rings. The van der Waals surface area contributed by atoms with Crippen molar-refractivity contribution in [3.05, 3.63) is 50.1 Å². The first-order chi connectivity index (χ1) is 10.5. The van der Waals surface area contributed by atoms with E-state index in [0.29, 0.717) is 6.42 Å². The number of aromatic nitrogens is 3. The topological polar surface area (TPSA) is 80.1 Å². The van der Waals surface area contributed by atoms with Crippen LogP contribution in [0.1, 0.15) is 19.5 Å². The van der Waals surface area contributed by atoms with Crippen molar-refractivity contribution in [3.8, 4) is 0 Å². The van der Waals surface area contributed by atoms with Crippen LogP contribution in [0.2, 0.25) is 0 Å². The van der Waals surface area contributed by atoms with E-state index in [1.807, 2.05) is 6.92 Å². The second kappa shape index (κ2) is 6.46. The number of aryl methyl sites for hydroxylation is 1. The number of hydrogen-bond acceptors (Lipinski definition) is 4. The Hall–Kier alpha value is -2.57. The Morgan fingerprint density at radius 2 is 2.23 bits per heavy atom. The number of halogens is 1. The van der Waals surface area contributed by atoms with Gasteiger partial charge in [0, 0.05) is 13.3 Å². The highest BCUT2D eigenvalue weighted by Crippen LogP contribution is 2.13. The molecule has 2 aromatic rings. The number of pyridine rings is 1. The van der Waals surface area contributed by atoms with Crippen LogP contribution >= 0.6 is 0 Å². The van der Waals surface area contributed by atoms with Crippen LogP contribution in [0.4, 0.5) is 4.39 Å². The molecule has 116 valence electrons. The molecule has 0 aromatic carbocycles.